The van der Waals surface area contributed by atoms with E-state index in [9.17, 15) is 24.0 Å². The number of hydrogen-bond donors (Lipinski definition) is 1. The van der Waals surface area contributed by atoms with Crippen molar-refractivity contribution in [3.05, 3.63) is 29.8 Å². The van der Waals surface area contributed by atoms with Gasteiger partial charge in [-0.15, -0.1) is 0 Å². The van der Waals surface area contributed by atoms with Crippen LogP contribution in [0.1, 0.15) is 45.0 Å². The molecule has 0 radical (unpaired) electrons. The van der Waals surface area contributed by atoms with Crippen molar-refractivity contribution >= 4 is 29.6 Å². The fourth-order valence-electron chi connectivity index (χ4n) is 3.38. The van der Waals surface area contributed by atoms with E-state index in [0.717, 1.165) is 13.8 Å². The molecule has 0 aromatic heterocycles. The number of carbonyl (C=O) groups excluding carboxylic acids is 5. The minimum Gasteiger partial charge on any atom is -0.463 e. The van der Waals surface area contributed by atoms with Crippen LogP contribution >= 0.6 is 0 Å². The molecule has 0 unspecified atom stereocenters. The highest BCUT2D eigenvalue weighted by Crippen LogP contribution is 2.30. The van der Waals surface area contributed by atoms with Gasteiger partial charge in [0, 0.05) is 27.7 Å². The lowest BCUT2D eigenvalue weighted by Gasteiger charge is -2.44. The number of nitrogens with one attached hydrogen (secondary N) is 1. The van der Waals surface area contributed by atoms with Crippen LogP contribution in [0, 0.1) is 0 Å². The molecule has 1 aromatic carbocycles. The Labute approximate surface area is 190 Å². The van der Waals surface area contributed by atoms with Crippen LogP contribution in [-0.4, -0.2) is 66.8 Å². The molecule has 0 saturated carbocycles. The molecule has 2 rings (SSSR count). The summed E-state index contributed by atoms with van der Waals surface area (Å²) in [5.74, 6) is -2.67. The normalized spacial score (nSPS) is 24.2. The first-order valence-corrected chi connectivity index (χ1v) is 10.2. The van der Waals surface area contributed by atoms with E-state index in [1.165, 1.54) is 26.8 Å². The Bertz CT molecular complexity index is 914. The van der Waals surface area contributed by atoms with E-state index in [2.05, 4.69) is 5.32 Å². The smallest absolute Gasteiger partial charge is 0.303 e. The van der Waals surface area contributed by atoms with Gasteiger partial charge < -0.3 is 29.0 Å². The maximum atomic E-state index is 12.0. The Kier molecular flexibility index (Phi) is 8.92. The van der Waals surface area contributed by atoms with Gasteiger partial charge in [-0.3, -0.25) is 24.0 Å². The first-order valence-electron chi connectivity index (χ1n) is 10.2. The molecule has 180 valence electrons. The molecule has 0 spiro atoms. The fraction of sp³-hybridized carbons (Fsp3) is 0.500. The molecule has 1 amide bonds. The largest absolute Gasteiger partial charge is 0.463 e. The van der Waals surface area contributed by atoms with E-state index < -0.39 is 54.5 Å². The van der Waals surface area contributed by atoms with E-state index in [-0.39, 0.29) is 23.7 Å². The standard InChI is InChI=1S/C22H27NO10/c1-11(24)16-8-6-7-9-17(16)32-22-19(23-12(2)25)21(31-15(5)28)20(30-14(4)27)18(33-22)10-29-13(3)26/h6-9,18-22H,10H2,1-5H3,(H,23,25)/t18-,19+,20-,21+,22-/m1/s1. The number of esters is 3. The maximum absolute atomic E-state index is 12.0. The monoisotopic (exact) mass is 465 g/mol. The molecule has 33 heavy (non-hydrogen) atoms. The van der Waals surface area contributed by atoms with Crippen LogP contribution < -0.4 is 10.1 Å². The Hall–Kier alpha value is -3.47. The number of amides is 1. The second-order valence-electron chi connectivity index (χ2n) is 7.39. The van der Waals surface area contributed by atoms with Crippen molar-refractivity contribution in [2.24, 2.45) is 0 Å². The van der Waals surface area contributed by atoms with Crippen molar-refractivity contribution in [3.8, 4) is 5.75 Å². The molecular weight excluding hydrogens is 438 g/mol. The van der Waals surface area contributed by atoms with E-state index in [4.69, 9.17) is 23.7 Å². The van der Waals surface area contributed by atoms with Gasteiger partial charge in [0.1, 0.15) is 24.5 Å². The minimum absolute atomic E-state index is 0.157. The van der Waals surface area contributed by atoms with Crippen LogP contribution in [0.4, 0.5) is 0 Å². The quantitative estimate of drug-likeness (QED) is 0.334. The molecular formula is C22H27NO10. The van der Waals surface area contributed by atoms with E-state index in [1.807, 2.05) is 0 Å². The molecule has 11 nitrogen and oxygen atoms in total. The van der Waals surface area contributed by atoms with Crippen molar-refractivity contribution in [1.29, 1.82) is 0 Å². The highest BCUT2D eigenvalue weighted by molar-refractivity contribution is 5.96. The highest BCUT2D eigenvalue weighted by Gasteiger charge is 2.52. The van der Waals surface area contributed by atoms with Gasteiger partial charge in [-0.05, 0) is 19.1 Å². The third-order valence-electron chi connectivity index (χ3n) is 4.58. The molecule has 1 N–H and O–H groups in total. The van der Waals surface area contributed by atoms with Crippen LogP contribution in [0.5, 0.6) is 5.75 Å². The summed E-state index contributed by atoms with van der Waals surface area (Å²) in [6.07, 6.45) is -4.89. The summed E-state index contributed by atoms with van der Waals surface area (Å²) < 4.78 is 27.6. The number of ether oxygens (including phenoxy) is 5. The lowest BCUT2D eigenvalue weighted by molar-refractivity contribution is -0.257. The van der Waals surface area contributed by atoms with Crippen LogP contribution in [-0.2, 0) is 38.1 Å². The second kappa shape index (κ2) is 11.4. The van der Waals surface area contributed by atoms with Crippen LogP contribution in [0.25, 0.3) is 0 Å². The zero-order valence-electron chi connectivity index (χ0n) is 19.0. The zero-order valence-corrected chi connectivity index (χ0v) is 19.0. The summed E-state index contributed by atoms with van der Waals surface area (Å²) in [6, 6.07) is 5.24. The SMILES string of the molecule is CC(=O)N[C@@H]1[C@H](Oc2ccccc2C(C)=O)O[C@H](COC(C)=O)[C@@H](OC(C)=O)[C@H]1OC(C)=O. The summed E-state index contributed by atoms with van der Waals surface area (Å²) in [5, 5.41) is 2.59. The number of carbonyl (C=O) groups is 5. The van der Waals surface area contributed by atoms with E-state index >= 15 is 0 Å². The molecule has 11 heteroatoms. The van der Waals surface area contributed by atoms with Crippen LogP contribution in [0.3, 0.4) is 0 Å². The van der Waals surface area contributed by atoms with Crippen molar-refractivity contribution in [2.45, 2.75) is 65.3 Å². The summed E-state index contributed by atoms with van der Waals surface area (Å²) >= 11 is 0. The third-order valence-corrected chi connectivity index (χ3v) is 4.58. The Morgan fingerprint density at radius 2 is 1.48 bits per heavy atom. The minimum atomic E-state index is -1.30. The van der Waals surface area contributed by atoms with Gasteiger partial charge in [-0.2, -0.15) is 0 Å². The maximum Gasteiger partial charge on any atom is 0.303 e. The lowest BCUT2D eigenvalue weighted by Crippen LogP contribution is -2.67. The third kappa shape index (κ3) is 7.28. The molecule has 1 fully saturated rings. The highest BCUT2D eigenvalue weighted by atomic mass is 16.7. The first kappa shape index (κ1) is 25.8. The van der Waals surface area contributed by atoms with Gasteiger partial charge in [0.2, 0.25) is 12.2 Å². The van der Waals surface area contributed by atoms with Gasteiger partial charge in [0.15, 0.2) is 18.0 Å². The average Bonchev–Trinajstić information content (AvgIpc) is 2.70. The van der Waals surface area contributed by atoms with Gasteiger partial charge in [-0.1, -0.05) is 12.1 Å². The molecule has 1 saturated heterocycles. The predicted octanol–water partition coefficient (Wildman–Crippen LogP) is 0.924. The predicted molar refractivity (Wildman–Crippen MR) is 111 cm³/mol. The van der Waals surface area contributed by atoms with Gasteiger partial charge in [0.25, 0.3) is 0 Å². The molecule has 0 aliphatic carbocycles. The van der Waals surface area contributed by atoms with Gasteiger partial charge in [-0.25, -0.2) is 0 Å². The summed E-state index contributed by atoms with van der Waals surface area (Å²) in [6.45, 7) is 5.71. The summed E-state index contributed by atoms with van der Waals surface area (Å²) in [4.78, 5) is 59.0. The topological polar surface area (TPSA) is 144 Å². The van der Waals surface area contributed by atoms with Crippen molar-refractivity contribution < 1.29 is 47.7 Å². The number of benzene rings is 1. The summed E-state index contributed by atoms with van der Waals surface area (Å²) in [5.41, 5.74) is 0.255. The Morgan fingerprint density at radius 1 is 0.879 bits per heavy atom. The van der Waals surface area contributed by atoms with E-state index in [0.29, 0.717) is 0 Å². The van der Waals surface area contributed by atoms with Crippen LogP contribution in [0.2, 0.25) is 0 Å². The Balaban J connectivity index is 2.51. The molecule has 1 aromatic rings. The van der Waals surface area contributed by atoms with Gasteiger partial charge in [0.05, 0.1) is 5.56 Å². The first-order chi connectivity index (χ1) is 15.5. The molecule has 0 bridgehead atoms. The second-order valence-corrected chi connectivity index (χ2v) is 7.39. The summed E-state index contributed by atoms with van der Waals surface area (Å²) in [7, 11) is 0. The number of Topliss-reactive ketones (excluding diaryl/α,β-unsaturated/α-hetero) is 1. The lowest BCUT2D eigenvalue weighted by atomic mass is 9.96. The van der Waals surface area contributed by atoms with Gasteiger partial charge >= 0.3 is 17.9 Å². The Morgan fingerprint density at radius 3 is 2.03 bits per heavy atom. The molecule has 1 aliphatic rings. The number of para-hydroxylation sites is 1. The van der Waals surface area contributed by atoms with Crippen molar-refractivity contribution in [3.63, 3.8) is 0 Å². The zero-order chi connectivity index (χ0) is 24.7. The van der Waals surface area contributed by atoms with Crippen molar-refractivity contribution in [2.75, 3.05) is 6.61 Å². The number of rotatable bonds is 8. The molecule has 1 aliphatic heterocycles. The van der Waals surface area contributed by atoms with Crippen LogP contribution in [0.15, 0.2) is 24.3 Å². The number of hydrogen-bond acceptors (Lipinski definition) is 10. The number of ketones is 1. The molecule has 1 heterocycles. The van der Waals surface area contributed by atoms with E-state index in [1.54, 1.807) is 18.2 Å². The van der Waals surface area contributed by atoms with Crippen molar-refractivity contribution in [1.82, 2.24) is 5.32 Å². The average molecular weight is 465 g/mol. The molecule has 5 atom stereocenters. The fourth-order valence-corrected chi connectivity index (χ4v) is 3.38.